The zero-order valence-electron chi connectivity index (χ0n) is 14.9. The Bertz CT molecular complexity index is 888. The van der Waals surface area contributed by atoms with Gasteiger partial charge in [0.05, 0.1) is 17.8 Å². The van der Waals surface area contributed by atoms with Crippen molar-refractivity contribution < 1.29 is 4.74 Å². The molecule has 1 atom stereocenters. The molecular weight excluding hydrogens is 314 g/mol. The van der Waals surface area contributed by atoms with Crippen LogP contribution in [0.3, 0.4) is 0 Å². The first kappa shape index (κ1) is 15.9. The van der Waals surface area contributed by atoms with Gasteiger partial charge >= 0.3 is 0 Å². The van der Waals surface area contributed by atoms with Crippen LogP contribution in [0, 0.1) is 5.92 Å². The van der Waals surface area contributed by atoms with Crippen molar-refractivity contribution in [3.63, 3.8) is 0 Å². The Kier molecular flexibility index (Phi) is 4.03. The van der Waals surface area contributed by atoms with Crippen molar-refractivity contribution >= 4 is 16.7 Å². The molecule has 25 heavy (non-hydrogen) atoms. The summed E-state index contributed by atoms with van der Waals surface area (Å²) >= 11 is 0. The number of anilines is 1. The van der Waals surface area contributed by atoms with E-state index in [4.69, 9.17) is 4.74 Å². The third-order valence-electron chi connectivity index (χ3n) is 4.57. The fraction of sp³-hybridized carbons (Fsp3) is 0.421. The van der Waals surface area contributed by atoms with Crippen molar-refractivity contribution in [2.45, 2.75) is 33.3 Å². The lowest BCUT2D eigenvalue weighted by Crippen LogP contribution is -2.20. The van der Waals surface area contributed by atoms with Crippen LogP contribution in [-0.2, 0) is 0 Å². The van der Waals surface area contributed by atoms with Crippen molar-refractivity contribution in [1.82, 2.24) is 20.4 Å². The number of fused-ring (bicyclic) bond motifs is 1. The Morgan fingerprint density at radius 3 is 2.92 bits per heavy atom. The number of hydrogen-bond donors (Lipinski definition) is 1. The lowest BCUT2D eigenvalue weighted by atomic mass is 10.1. The summed E-state index contributed by atoms with van der Waals surface area (Å²) in [5.41, 5.74) is 2.84. The molecule has 2 aromatic heterocycles. The molecule has 1 N–H and O–H groups in total. The minimum atomic E-state index is 0.138. The van der Waals surface area contributed by atoms with Crippen LogP contribution in [0.1, 0.15) is 27.2 Å². The Balaban J connectivity index is 1.71. The number of H-pyrrole nitrogens is 1. The molecular formula is C19H23N5O. The van der Waals surface area contributed by atoms with Gasteiger partial charge in [0.15, 0.2) is 5.82 Å². The van der Waals surface area contributed by atoms with Gasteiger partial charge in [-0.25, -0.2) is 0 Å². The first-order valence-corrected chi connectivity index (χ1v) is 8.83. The van der Waals surface area contributed by atoms with Crippen LogP contribution >= 0.6 is 0 Å². The number of aromatic nitrogens is 4. The second-order valence-electron chi connectivity index (χ2n) is 7.09. The number of benzene rings is 1. The van der Waals surface area contributed by atoms with Crippen LogP contribution < -0.4 is 9.64 Å². The van der Waals surface area contributed by atoms with Gasteiger partial charge in [-0.1, -0.05) is 6.92 Å². The van der Waals surface area contributed by atoms with E-state index in [2.05, 4.69) is 38.3 Å². The molecule has 6 nitrogen and oxygen atoms in total. The summed E-state index contributed by atoms with van der Waals surface area (Å²) in [6.07, 6.45) is 3.11. The average molecular weight is 337 g/mol. The average Bonchev–Trinajstić information content (AvgIpc) is 3.20. The van der Waals surface area contributed by atoms with E-state index in [-0.39, 0.29) is 6.10 Å². The molecule has 0 aliphatic carbocycles. The molecule has 0 saturated carbocycles. The van der Waals surface area contributed by atoms with Gasteiger partial charge in [0, 0.05) is 24.0 Å². The van der Waals surface area contributed by atoms with E-state index in [1.807, 2.05) is 32.0 Å². The highest BCUT2D eigenvalue weighted by Crippen LogP contribution is 2.31. The summed E-state index contributed by atoms with van der Waals surface area (Å²) in [5, 5.41) is 17.2. The van der Waals surface area contributed by atoms with Gasteiger partial charge in [-0.3, -0.25) is 5.10 Å². The molecule has 3 aromatic rings. The zero-order valence-corrected chi connectivity index (χ0v) is 14.9. The van der Waals surface area contributed by atoms with Crippen molar-refractivity contribution in [3.05, 3.63) is 30.5 Å². The largest absolute Gasteiger partial charge is 0.491 e. The number of nitrogens with zero attached hydrogens (tertiary/aromatic N) is 4. The second kappa shape index (κ2) is 6.35. The van der Waals surface area contributed by atoms with E-state index < -0.39 is 0 Å². The van der Waals surface area contributed by atoms with Gasteiger partial charge in [0.25, 0.3) is 0 Å². The van der Waals surface area contributed by atoms with E-state index >= 15 is 0 Å². The molecule has 1 unspecified atom stereocenters. The van der Waals surface area contributed by atoms with Crippen LogP contribution in [0.5, 0.6) is 5.75 Å². The first-order valence-electron chi connectivity index (χ1n) is 8.83. The van der Waals surface area contributed by atoms with Crippen LogP contribution in [-0.4, -0.2) is 39.6 Å². The minimum absolute atomic E-state index is 0.138. The molecule has 0 spiro atoms. The van der Waals surface area contributed by atoms with Crippen LogP contribution in [0.2, 0.25) is 0 Å². The number of hydrogen-bond acceptors (Lipinski definition) is 5. The summed E-state index contributed by atoms with van der Waals surface area (Å²) in [7, 11) is 0. The van der Waals surface area contributed by atoms with Gasteiger partial charge in [-0.15, -0.1) is 5.10 Å². The van der Waals surface area contributed by atoms with Crippen LogP contribution in [0.15, 0.2) is 30.5 Å². The molecule has 1 aromatic carbocycles. The van der Waals surface area contributed by atoms with Crippen molar-refractivity contribution in [2.75, 3.05) is 18.0 Å². The maximum atomic E-state index is 5.82. The molecule has 1 aliphatic rings. The van der Waals surface area contributed by atoms with E-state index in [1.165, 1.54) is 6.42 Å². The molecule has 4 rings (SSSR count). The lowest BCUT2D eigenvalue weighted by molar-refractivity contribution is 0.243. The molecule has 0 radical (unpaired) electrons. The number of aromatic amines is 1. The van der Waals surface area contributed by atoms with Gasteiger partial charge in [-0.2, -0.15) is 10.2 Å². The highest BCUT2D eigenvalue weighted by Gasteiger charge is 2.21. The third kappa shape index (κ3) is 3.16. The molecule has 1 aliphatic heterocycles. The monoisotopic (exact) mass is 337 g/mol. The molecule has 130 valence electrons. The fourth-order valence-electron chi connectivity index (χ4n) is 3.34. The Hall–Kier alpha value is -2.63. The molecule has 6 heteroatoms. The maximum absolute atomic E-state index is 5.82. The normalized spacial score (nSPS) is 17.6. The van der Waals surface area contributed by atoms with Gasteiger partial charge in [0.1, 0.15) is 11.4 Å². The Labute approximate surface area is 147 Å². The second-order valence-corrected chi connectivity index (χ2v) is 7.09. The summed E-state index contributed by atoms with van der Waals surface area (Å²) in [6.45, 7) is 8.39. The minimum Gasteiger partial charge on any atom is -0.491 e. The van der Waals surface area contributed by atoms with Gasteiger partial charge < -0.3 is 9.64 Å². The van der Waals surface area contributed by atoms with Crippen molar-refractivity contribution in [1.29, 1.82) is 0 Å². The number of nitrogens with one attached hydrogen (secondary N) is 1. The van der Waals surface area contributed by atoms with Crippen molar-refractivity contribution in [2.24, 2.45) is 5.92 Å². The molecule has 0 bridgehead atoms. The molecule has 1 fully saturated rings. The van der Waals surface area contributed by atoms with Gasteiger partial charge in [0.2, 0.25) is 0 Å². The SMILES string of the molecule is CC1CCN(c2cc(-c3n[nH]c4ccc(OC(C)C)cc34)cnn2)C1. The summed E-state index contributed by atoms with van der Waals surface area (Å²) in [6, 6.07) is 8.08. The van der Waals surface area contributed by atoms with E-state index in [9.17, 15) is 0 Å². The standard InChI is InChI=1S/C19H23N5O/c1-12(2)25-15-4-5-17-16(9-15)19(23-21-17)14-8-18(22-20-10-14)24-7-6-13(3)11-24/h4-5,8-10,12-13H,6-7,11H2,1-3H3,(H,21,23). The van der Waals surface area contributed by atoms with Crippen molar-refractivity contribution in [3.8, 4) is 17.0 Å². The van der Waals surface area contributed by atoms with E-state index in [0.29, 0.717) is 5.92 Å². The molecule has 0 amide bonds. The summed E-state index contributed by atoms with van der Waals surface area (Å²) in [4.78, 5) is 2.29. The van der Waals surface area contributed by atoms with E-state index in [0.717, 1.165) is 46.8 Å². The predicted molar refractivity (Wildman–Crippen MR) is 98.9 cm³/mol. The third-order valence-corrected chi connectivity index (χ3v) is 4.57. The van der Waals surface area contributed by atoms with E-state index in [1.54, 1.807) is 6.20 Å². The lowest BCUT2D eigenvalue weighted by Gasteiger charge is -2.16. The maximum Gasteiger partial charge on any atom is 0.151 e. The number of rotatable bonds is 4. The number of ether oxygens (including phenoxy) is 1. The quantitative estimate of drug-likeness (QED) is 0.787. The molecule has 3 heterocycles. The highest BCUT2D eigenvalue weighted by molar-refractivity contribution is 5.93. The Morgan fingerprint density at radius 1 is 1.28 bits per heavy atom. The molecule has 1 saturated heterocycles. The summed E-state index contributed by atoms with van der Waals surface area (Å²) in [5.74, 6) is 2.47. The highest BCUT2D eigenvalue weighted by atomic mass is 16.5. The first-order chi connectivity index (χ1) is 12.1. The topological polar surface area (TPSA) is 66.9 Å². The van der Waals surface area contributed by atoms with Crippen LogP contribution in [0.4, 0.5) is 5.82 Å². The predicted octanol–water partition coefficient (Wildman–Crippen LogP) is 3.65. The fourth-order valence-corrected chi connectivity index (χ4v) is 3.34. The van der Waals surface area contributed by atoms with Crippen LogP contribution in [0.25, 0.3) is 22.2 Å². The summed E-state index contributed by atoms with van der Waals surface area (Å²) < 4.78 is 5.82. The van der Waals surface area contributed by atoms with Gasteiger partial charge in [-0.05, 0) is 50.5 Å². The zero-order chi connectivity index (χ0) is 17.4. The smallest absolute Gasteiger partial charge is 0.151 e. The Morgan fingerprint density at radius 2 is 2.16 bits per heavy atom.